The Bertz CT molecular complexity index is 803. The maximum Gasteiger partial charge on any atom is 0.229 e. The van der Waals surface area contributed by atoms with Crippen LogP contribution in [0.15, 0.2) is 10.6 Å². The van der Waals surface area contributed by atoms with Crippen molar-refractivity contribution in [3.8, 4) is 0 Å². The maximum atomic E-state index is 12.4. The average Bonchev–Trinajstić information content (AvgIpc) is 3.33. The highest BCUT2D eigenvalue weighted by molar-refractivity contribution is 7.15. The number of amides is 2. The Hall–Kier alpha value is -2.33. The molecule has 1 aliphatic heterocycles. The summed E-state index contributed by atoms with van der Waals surface area (Å²) in [5, 5.41) is 16.0. The van der Waals surface area contributed by atoms with E-state index in [2.05, 4.69) is 34.5 Å². The molecule has 2 aromatic rings. The van der Waals surface area contributed by atoms with Crippen LogP contribution in [-0.4, -0.2) is 40.8 Å². The van der Waals surface area contributed by atoms with E-state index in [0.29, 0.717) is 35.0 Å². The third kappa shape index (κ3) is 4.89. The first-order chi connectivity index (χ1) is 13.0. The number of hydrogen-bond acceptors (Lipinski definition) is 8. The summed E-state index contributed by atoms with van der Waals surface area (Å²) in [7, 11) is 1.57. The van der Waals surface area contributed by atoms with Gasteiger partial charge in [0.2, 0.25) is 16.9 Å². The van der Waals surface area contributed by atoms with Gasteiger partial charge in [0.25, 0.3) is 0 Å². The van der Waals surface area contributed by atoms with Gasteiger partial charge in [-0.2, -0.15) is 0 Å². The first-order valence-electron chi connectivity index (χ1n) is 8.80. The Morgan fingerprint density at radius 2 is 2.30 bits per heavy atom. The molecule has 3 rings (SSSR count). The van der Waals surface area contributed by atoms with Crippen LogP contribution in [-0.2, 0) is 33.9 Å². The van der Waals surface area contributed by atoms with Crippen molar-refractivity contribution in [2.24, 2.45) is 11.8 Å². The second-order valence-corrected chi connectivity index (χ2v) is 7.96. The number of hydrogen-bond donors (Lipinski definition) is 1. The molecule has 0 bridgehead atoms. The van der Waals surface area contributed by atoms with Gasteiger partial charge in [-0.15, -0.1) is 10.2 Å². The van der Waals surface area contributed by atoms with Crippen LogP contribution in [0, 0.1) is 11.8 Å². The zero-order valence-electron chi connectivity index (χ0n) is 15.6. The second-order valence-electron chi connectivity index (χ2n) is 6.92. The van der Waals surface area contributed by atoms with Crippen molar-refractivity contribution in [2.75, 3.05) is 18.6 Å². The van der Waals surface area contributed by atoms with Gasteiger partial charge in [0.1, 0.15) is 11.6 Å². The molecule has 1 saturated heterocycles. The van der Waals surface area contributed by atoms with E-state index in [4.69, 9.17) is 9.26 Å². The molecule has 2 aromatic heterocycles. The number of carbonyl (C=O) groups is 2. The van der Waals surface area contributed by atoms with Crippen LogP contribution in [0.3, 0.4) is 0 Å². The van der Waals surface area contributed by atoms with Crippen molar-refractivity contribution in [2.45, 2.75) is 39.8 Å². The van der Waals surface area contributed by atoms with Crippen molar-refractivity contribution in [1.82, 2.24) is 20.7 Å². The minimum Gasteiger partial charge on any atom is -0.377 e. The Morgan fingerprint density at radius 1 is 1.48 bits per heavy atom. The third-order valence-electron chi connectivity index (χ3n) is 4.11. The zero-order valence-corrected chi connectivity index (χ0v) is 16.4. The molecule has 9 nitrogen and oxygen atoms in total. The molecule has 1 fully saturated rings. The number of rotatable bonds is 8. The molecule has 1 N–H and O–H groups in total. The Kier molecular flexibility index (Phi) is 6.17. The van der Waals surface area contributed by atoms with Gasteiger partial charge in [0, 0.05) is 26.1 Å². The predicted molar refractivity (Wildman–Crippen MR) is 98.0 cm³/mol. The number of nitrogens with zero attached hydrogens (tertiary/aromatic N) is 4. The van der Waals surface area contributed by atoms with Crippen LogP contribution < -0.4 is 10.2 Å². The van der Waals surface area contributed by atoms with E-state index in [0.717, 1.165) is 12.1 Å². The summed E-state index contributed by atoms with van der Waals surface area (Å²) in [5.74, 6) is 0.347. The van der Waals surface area contributed by atoms with Gasteiger partial charge in [-0.05, 0) is 12.3 Å². The summed E-state index contributed by atoms with van der Waals surface area (Å²) in [4.78, 5) is 26.2. The number of carbonyl (C=O) groups excluding carboxylic acids is 2. The lowest BCUT2D eigenvalue weighted by Gasteiger charge is -2.12. The van der Waals surface area contributed by atoms with Gasteiger partial charge >= 0.3 is 0 Å². The van der Waals surface area contributed by atoms with Crippen LogP contribution >= 0.6 is 11.3 Å². The minimum absolute atomic E-state index is 0.130. The summed E-state index contributed by atoms with van der Waals surface area (Å²) in [5.41, 5.74) is 0.875. The van der Waals surface area contributed by atoms with Crippen molar-refractivity contribution in [3.63, 3.8) is 0 Å². The molecule has 1 aliphatic rings. The van der Waals surface area contributed by atoms with Crippen LogP contribution in [0.5, 0.6) is 0 Å². The molecule has 0 aromatic carbocycles. The smallest absolute Gasteiger partial charge is 0.229 e. The van der Waals surface area contributed by atoms with E-state index >= 15 is 0 Å². The largest absolute Gasteiger partial charge is 0.377 e. The normalized spacial score (nSPS) is 17.1. The number of methoxy groups -OCH3 is 1. The number of nitrogens with one attached hydrogen (secondary N) is 1. The standard InChI is InChI=1S/C17H23N5O4S/c1-10(2)4-12-6-13(26-21-12)7-18-16(24)11-5-15(23)22(8-11)17-20-19-14(27-17)9-25-3/h6,10-11H,4-5,7-9H2,1-3H3,(H,18,24). The highest BCUT2D eigenvalue weighted by Crippen LogP contribution is 2.28. The molecule has 1 unspecified atom stereocenters. The Morgan fingerprint density at radius 3 is 3.04 bits per heavy atom. The highest BCUT2D eigenvalue weighted by Gasteiger charge is 2.36. The first kappa shape index (κ1) is 19.4. The van der Waals surface area contributed by atoms with Crippen LogP contribution in [0.4, 0.5) is 5.13 Å². The van der Waals surface area contributed by atoms with E-state index in [1.165, 1.54) is 16.2 Å². The van der Waals surface area contributed by atoms with Crippen molar-refractivity contribution in [1.29, 1.82) is 0 Å². The fourth-order valence-corrected chi connectivity index (χ4v) is 3.71. The monoisotopic (exact) mass is 393 g/mol. The number of ether oxygens (including phenoxy) is 1. The van der Waals surface area contributed by atoms with E-state index in [1.807, 2.05) is 6.07 Å². The minimum atomic E-state index is -0.426. The van der Waals surface area contributed by atoms with Gasteiger partial charge < -0.3 is 14.6 Å². The molecule has 0 aliphatic carbocycles. The quantitative estimate of drug-likeness (QED) is 0.724. The summed E-state index contributed by atoms with van der Waals surface area (Å²) >= 11 is 1.29. The SMILES string of the molecule is COCc1nnc(N2CC(C(=O)NCc3cc(CC(C)C)no3)CC2=O)s1. The molecule has 0 saturated carbocycles. The third-order valence-corrected chi connectivity index (χ3v) is 5.03. The molecule has 0 spiro atoms. The van der Waals surface area contributed by atoms with Gasteiger partial charge in [0.05, 0.1) is 18.2 Å². The molecule has 0 radical (unpaired) electrons. The molecule has 27 heavy (non-hydrogen) atoms. The van der Waals surface area contributed by atoms with Crippen LogP contribution in [0.2, 0.25) is 0 Å². The lowest BCUT2D eigenvalue weighted by molar-refractivity contribution is -0.126. The molecular weight excluding hydrogens is 370 g/mol. The van der Waals surface area contributed by atoms with Crippen molar-refractivity contribution in [3.05, 3.63) is 22.5 Å². The Labute approximate surface area is 161 Å². The maximum absolute atomic E-state index is 12.4. The molecule has 146 valence electrons. The molecule has 3 heterocycles. The number of anilines is 1. The van der Waals surface area contributed by atoms with Crippen LogP contribution in [0.1, 0.15) is 36.7 Å². The summed E-state index contributed by atoms with van der Waals surface area (Å²) in [6.07, 6.45) is 0.983. The zero-order chi connectivity index (χ0) is 19.4. The van der Waals surface area contributed by atoms with Crippen molar-refractivity contribution < 1.29 is 18.8 Å². The molecule has 2 amide bonds. The van der Waals surface area contributed by atoms with E-state index in [-0.39, 0.29) is 24.8 Å². The summed E-state index contributed by atoms with van der Waals surface area (Å²) < 4.78 is 10.3. The summed E-state index contributed by atoms with van der Waals surface area (Å²) in [6, 6.07) is 1.85. The fraction of sp³-hybridized carbons (Fsp3) is 0.588. The molecule has 10 heteroatoms. The Balaban J connectivity index is 1.53. The van der Waals surface area contributed by atoms with Gasteiger partial charge in [-0.3, -0.25) is 14.5 Å². The van der Waals surface area contributed by atoms with Gasteiger partial charge in [0.15, 0.2) is 5.76 Å². The average molecular weight is 393 g/mol. The fourth-order valence-electron chi connectivity index (χ4n) is 2.88. The van der Waals surface area contributed by atoms with Gasteiger partial charge in [-0.1, -0.05) is 30.3 Å². The van der Waals surface area contributed by atoms with Crippen molar-refractivity contribution >= 4 is 28.3 Å². The predicted octanol–water partition coefficient (Wildman–Crippen LogP) is 1.54. The van der Waals surface area contributed by atoms with Gasteiger partial charge in [-0.25, -0.2) is 0 Å². The lowest BCUT2D eigenvalue weighted by Crippen LogP contribution is -2.32. The van der Waals surface area contributed by atoms with Crippen LogP contribution in [0.25, 0.3) is 0 Å². The lowest BCUT2D eigenvalue weighted by atomic mass is 10.1. The molecular formula is C17H23N5O4S. The summed E-state index contributed by atoms with van der Waals surface area (Å²) in [6.45, 7) is 5.11. The second kappa shape index (κ2) is 8.57. The van der Waals surface area contributed by atoms with E-state index in [9.17, 15) is 9.59 Å². The molecule has 1 atom stereocenters. The number of aromatic nitrogens is 3. The highest BCUT2D eigenvalue weighted by atomic mass is 32.1. The van der Waals surface area contributed by atoms with E-state index in [1.54, 1.807) is 7.11 Å². The van der Waals surface area contributed by atoms with E-state index < -0.39 is 5.92 Å². The topological polar surface area (TPSA) is 110 Å². The first-order valence-corrected chi connectivity index (χ1v) is 9.61.